The Morgan fingerprint density at radius 3 is 2.57 bits per heavy atom. The van der Waals surface area contributed by atoms with Crippen molar-refractivity contribution in [1.82, 2.24) is 0 Å². The molecule has 14 heavy (non-hydrogen) atoms. The van der Waals surface area contributed by atoms with Gasteiger partial charge in [-0.1, -0.05) is 23.8 Å². The Morgan fingerprint density at radius 2 is 1.86 bits per heavy atom. The first-order valence-corrected chi connectivity index (χ1v) is 4.55. The first kappa shape index (κ1) is 8.88. The summed E-state index contributed by atoms with van der Waals surface area (Å²) in [6, 6.07) is 10.1. The number of rotatable bonds is 1. The minimum Gasteiger partial charge on any atom is -0.494 e. The second-order valence-corrected chi connectivity index (χ2v) is 3.41. The van der Waals surface area contributed by atoms with E-state index in [1.54, 1.807) is 7.11 Å². The molecular formula is C12H13NO. The Balaban J connectivity index is 2.84. The molecule has 2 N–H and O–H groups in total. The molecule has 2 aromatic carbocycles. The van der Waals surface area contributed by atoms with Crippen molar-refractivity contribution in [3.05, 3.63) is 35.9 Å². The topological polar surface area (TPSA) is 35.2 Å². The van der Waals surface area contributed by atoms with E-state index in [1.165, 1.54) is 5.56 Å². The highest BCUT2D eigenvalue weighted by Crippen LogP contribution is 2.31. The summed E-state index contributed by atoms with van der Waals surface area (Å²) in [7, 11) is 1.65. The van der Waals surface area contributed by atoms with Gasteiger partial charge in [0, 0.05) is 5.39 Å². The van der Waals surface area contributed by atoms with E-state index in [1.807, 2.05) is 12.1 Å². The van der Waals surface area contributed by atoms with E-state index in [0.29, 0.717) is 5.69 Å². The van der Waals surface area contributed by atoms with Gasteiger partial charge in [0.05, 0.1) is 12.8 Å². The summed E-state index contributed by atoms with van der Waals surface area (Å²) >= 11 is 0. The molecule has 0 aromatic heterocycles. The molecule has 2 heteroatoms. The molecule has 0 amide bonds. The van der Waals surface area contributed by atoms with Crippen LogP contribution in [-0.2, 0) is 0 Å². The molecule has 0 aliphatic heterocycles. The maximum atomic E-state index is 5.82. The van der Waals surface area contributed by atoms with Gasteiger partial charge in [0.2, 0.25) is 0 Å². The number of ether oxygens (including phenoxy) is 1. The van der Waals surface area contributed by atoms with Crippen LogP contribution in [0.25, 0.3) is 10.8 Å². The molecule has 0 unspecified atom stereocenters. The first-order valence-electron chi connectivity index (χ1n) is 4.55. The van der Waals surface area contributed by atoms with Crippen molar-refractivity contribution < 1.29 is 4.74 Å². The molecular weight excluding hydrogens is 174 g/mol. The molecule has 0 heterocycles. The fourth-order valence-electron chi connectivity index (χ4n) is 1.65. The zero-order valence-electron chi connectivity index (χ0n) is 8.37. The number of benzene rings is 2. The predicted molar refractivity (Wildman–Crippen MR) is 59.6 cm³/mol. The molecule has 0 bridgehead atoms. The monoisotopic (exact) mass is 187 g/mol. The van der Waals surface area contributed by atoms with Gasteiger partial charge in [-0.25, -0.2) is 0 Å². The van der Waals surface area contributed by atoms with E-state index in [4.69, 9.17) is 10.5 Å². The smallest absolute Gasteiger partial charge is 0.149 e. The van der Waals surface area contributed by atoms with Crippen LogP contribution in [0, 0.1) is 6.92 Å². The average Bonchev–Trinajstić information content (AvgIpc) is 2.17. The second-order valence-electron chi connectivity index (χ2n) is 3.41. The summed E-state index contributed by atoms with van der Waals surface area (Å²) in [5.41, 5.74) is 7.72. The fourth-order valence-corrected chi connectivity index (χ4v) is 1.65. The van der Waals surface area contributed by atoms with Gasteiger partial charge in [-0.3, -0.25) is 0 Å². The fraction of sp³-hybridized carbons (Fsp3) is 0.167. The summed E-state index contributed by atoms with van der Waals surface area (Å²) < 4.78 is 5.29. The van der Waals surface area contributed by atoms with Gasteiger partial charge < -0.3 is 10.5 Å². The predicted octanol–water partition coefficient (Wildman–Crippen LogP) is 2.74. The number of aryl methyl sites for hydroxylation is 1. The lowest BCUT2D eigenvalue weighted by atomic mass is 10.1. The SMILES string of the molecule is COc1c(N)ccc2ccc(C)cc12. The van der Waals surface area contributed by atoms with Crippen LogP contribution >= 0.6 is 0 Å². The van der Waals surface area contributed by atoms with Crippen molar-refractivity contribution >= 4 is 16.5 Å². The number of fused-ring (bicyclic) bond motifs is 1. The second kappa shape index (κ2) is 3.22. The normalized spacial score (nSPS) is 10.4. The molecule has 0 atom stereocenters. The van der Waals surface area contributed by atoms with Crippen molar-refractivity contribution in [3.8, 4) is 5.75 Å². The summed E-state index contributed by atoms with van der Waals surface area (Å²) in [6.07, 6.45) is 0. The quantitative estimate of drug-likeness (QED) is 0.697. The van der Waals surface area contributed by atoms with Crippen LogP contribution in [0.3, 0.4) is 0 Å². The van der Waals surface area contributed by atoms with Crippen molar-refractivity contribution in [2.45, 2.75) is 6.92 Å². The number of methoxy groups -OCH3 is 1. The van der Waals surface area contributed by atoms with E-state index in [-0.39, 0.29) is 0 Å². The van der Waals surface area contributed by atoms with Crippen molar-refractivity contribution in [3.63, 3.8) is 0 Å². The van der Waals surface area contributed by atoms with Crippen LogP contribution in [0.1, 0.15) is 5.56 Å². The third-order valence-electron chi connectivity index (χ3n) is 2.36. The largest absolute Gasteiger partial charge is 0.494 e. The molecule has 0 saturated carbocycles. The highest BCUT2D eigenvalue weighted by atomic mass is 16.5. The van der Waals surface area contributed by atoms with Gasteiger partial charge in [-0.05, 0) is 24.4 Å². The molecule has 0 aliphatic rings. The summed E-state index contributed by atoms with van der Waals surface area (Å²) in [6.45, 7) is 2.06. The van der Waals surface area contributed by atoms with E-state index in [2.05, 4.69) is 25.1 Å². The van der Waals surface area contributed by atoms with E-state index >= 15 is 0 Å². The van der Waals surface area contributed by atoms with Crippen molar-refractivity contribution in [2.75, 3.05) is 12.8 Å². The molecule has 2 aromatic rings. The average molecular weight is 187 g/mol. The molecule has 72 valence electrons. The minimum atomic E-state index is 0.686. The summed E-state index contributed by atoms with van der Waals surface area (Å²) in [5, 5.41) is 2.23. The Labute approximate surface area is 83.3 Å². The standard InChI is InChI=1S/C12H13NO/c1-8-3-4-9-5-6-11(13)12(14-2)10(9)7-8/h3-7H,13H2,1-2H3. The van der Waals surface area contributed by atoms with Gasteiger partial charge in [-0.2, -0.15) is 0 Å². The minimum absolute atomic E-state index is 0.686. The van der Waals surface area contributed by atoms with Gasteiger partial charge >= 0.3 is 0 Å². The van der Waals surface area contributed by atoms with Gasteiger partial charge in [0.1, 0.15) is 5.75 Å². The Kier molecular flexibility index (Phi) is 2.04. The zero-order valence-corrected chi connectivity index (χ0v) is 8.37. The molecule has 0 saturated heterocycles. The lowest BCUT2D eigenvalue weighted by molar-refractivity contribution is 0.422. The Morgan fingerprint density at radius 1 is 1.14 bits per heavy atom. The van der Waals surface area contributed by atoms with Crippen molar-refractivity contribution in [1.29, 1.82) is 0 Å². The molecule has 0 fully saturated rings. The number of anilines is 1. The molecule has 2 nitrogen and oxygen atoms in total. The van der Waals surface area contributed by atoms with Crippen LogP contribution in [0.2, 0.25) is 0 Å². The van der Waals surface area contributed by atoms with E-state index in [9.17, 15) is 0 Å². The zero-order chi connectivity index (χ0) is 10.1. The Hall–Kier alpha value is -1.70. The van der Waals surface area contributed by atoms with E-state index in [0.717, 1.165) is 16.5 Å². The molecule has 2 rings (SSSR count). The van der Waals surface area contributed by atoms with Gasteiger partial charge in [-0.15, -0.1) is 0 Å². The van der Waals surface area contributed by atoms with E-state index < -0.39 is 0 Å². The van der Waals surface area contributed by atoms with Crippen LogP contribution in [0.4, 0.5) is 5.69 Å². The molecule has 0 radical (unpaired) electrons. The maximum absolute atomic E-state index is 5.82. The van der Waals surface area contributed by atoms with Crippen LogP contribution < -0.4 is 10.5 Å². The van der Waals surface area contributed by atoms with Gasteiger partial charge in [0.15, 0.2) is 0 Å². The number of nitrogens with two attached hydrogens (primary N) is 1. The third-order valence-corrected chi connectivity index (χ3v) is 2.36. The van der Waals surface area contributed by atoms with Crippen LogP contribution in [-0.4, -0.2) is 7.11 Å². The van der Waals surface area contributed by atoms with Crippen molar-refractivity contribution in [2.24, 2.45) is 0 Å². The lowest BCUT2D eigenvalue weighted by Gasteiger charge is -2.08. The highest BCUT2D eigenvalue weighted by molar-refractivity contribution is 5.93. The first-order chi connectivity index (χ1) is 6.72. The third kappa shape index (κ3) is 1.29. The van der Waals surface area contributed by atoms with Crippen LogP contribution in [0.15, 0.2) is 30.3 Å². The summed E-state index contributed by atoms with van der Waals surface area (Å²) in [5.74, 6) is 0.770. The van der Waals surface area contributed by atoms with Crippen LogP contribution in [0.5, 0.6) is 5.75 Å². The number of nitrogen functional groups attached to an aromatic ring is 1. The molecule has 0 spiro atoms. The summed E-state index contributed by atoms with van der Waals surface area (Å²) in [4.78, 5) is 0. The Bertz CT molecular complexity index is 472. The highest BCUT2D eigenvalue weighted by Gasteiger charge is 2.04. The lowest BCUT2D eigenvalue weighted by Crippen LogP contribution is -1.93. The number of hydrogen-bond donors (Lipinski definition) is 1. The molecule has 0 aliphatic carbocycles. The number of hydrogen-bond acceptors (Lipinski definition) is 2. The maximum Gasteiger partial charge on any atom is 0.149 e. The van der Waals surface area contributed by atoms with Gasteiger partial charge in [0.25, 0.3) is 0 Å².